The summed E-state index contributed by atoms with van der Waals surface area (Å²) in [4.78, 5) is 15.8. The normalized spacial score (nSPS) is 19.2. The van der Waals surface area contributed by atoms with Crippen molar-refractivity contribution in [3.8, 4) is 0 Å². The van der Waals surface area contributed by atoms with E-state index in [2.05, 4.69) is 32.3 Å². The highest BCUT2D eigenvalue weighted by atomic mass is 32.2. The predicted octanol–water partition coefficient (Wildman–Crippen LogP) is 2.60. The number of morpholine rings is 1. The SMILES string of the molecule is C[C@H](Sc1nnc(Cc2cccs2)n1C1CC1)C(=O)N1CCOCC1. The molecule has 6 nitrogen and oxygen atoms in total. The van der Waals surface area contributed by atoms with Crippen LogP contribution in [0.25, 0.3) is 0 Å². The quantitative estimate of drug-likeness (QED) is 0.723. The third-order valence-corrected chi connectivity index (χ3v) is 6.43. The maximum absolute atomic E-state index is 12.7. The van der Waals surface area contributed by atoms with E-state index in [9.17, 15) is 4.79 Å². The highest BCUT2D eigenvalue weighted by molar-refractivity contribution is 8.00. The van der Waals surface area contributed by atoms with Crippen molar-refractivity contribution >= 4 is 29.0 Å². The number of carbonyl (C=O) groups excluding carboxylic acids is 1. The Morgan fingerprint density at radius 3 is 2.88 bits per heavy atom. The average Bonchev–Trinajstić information content (AvgIpc) is 3.20. The van der Waals surface area contributed by atoms with Crippen molar-refractivity contribution in [1.29, 1.82) is 0 Å². The molecule has 0 aromatic carbocycles. The first-order chi connectivity index (χ1) is 12.2. The summed E-state index contributed by atoms with van der Waals surface area (Å²) < 4.78 is 7.59. The lowest BCUT2D eigenvalue weighted by atomic mass is 10.3. The predicted molar refractivity (Wildman–Crippen MR) is 98.1 cm³/mol. The van der Waals surface area contributed by atoms with E-state index in [4.69, 9.17) is 4.74 Å². The molecule has 0 spiro atoms. The van der Waals surface area contributed by atoms with Crippen LogP contribution in [0.2, 0.25) is 0 Å². The fraction of sp³-hybridized carbons (Fsp3) is 0.588. The van der Waals surface area contributed by atoms with Crippen LogP contribution < -0.4 is 0 Å². The lowest BCUT2D eigenvalue weighted by molar-refractivity contribution is -0.134. The summed E-state index contributed by atoms with van der Waals surface area (Å²) in [6, 6.07) is 4.70. The molecule has 0 bridgehead atoms. The van der Waals surface area contributed by atoms with E-state index in [0.29, 0.717) is 32.3 Å². The van der Waals surface area contributed by atoms with Gasteiger partial charge in [0.15, 0.2) is 5.16 Å². The highest BCUT2D eigenvalue weighted by Gasteiger charge is 2.32. The molecule has 1 saturated heterocycles. The Balaban J connectivity index is 1.48. The molecule has 1 aliphatic carbocycles. The second kappa shape index (κ2) is 7.47. The molecule has 2 fully saturated rings. The third kappa shape index (κ3) is 3.91. The van der Waals surface area contributed by atoms with E-state index in [1.165, 1.54) is 29.5 Å². The highest BCUT2D eigenvalue weighted by Crippen LogP contribution is 2.40. The van der Waals surface area contributed by atoms with Gasteiger partial charge in [-0.05, 0) is 31.2 Å². The van der Waals surface area contributed by atoms with Gasteiger partial charge in [0.05, 0.1) is 18.5 Å². The average molecular weight is 379 g/mol. The van der Waals surface area contributed by atoms with Crippen molar-refractivity contribution in [3.63, 3.8) is 0 Å². The molecule has 0 N–H and O–H groups in total. The summed E-state index contributed by atoms with van der Waals surface area (Å²) in [5.74, 6) is 1.18. The molecule has 2 aliphatic rings. The van der Waals surface area contributed by atoms with Gasteiger partial charge >= 0.3 is 0 Å². The van der Waals surface area contributed by atoms with Crippen LogP contribution in [0, 0.1) is 0 Å². The smallest absolute Gasteiger partial charge is 0.236 e. The van der Waals surface area contributed by atoms with Crippen LogP contribution >= 0.6 is 23.1 Å². The van der Waals surface area contributed by atoms with Crippen LogP contribution in [-0.2, 0) is 16.0 Å². The molecule has 0 radical (unpaired) electrons. The van der Waals surface area contributed by atoms with E-state index in [1.54, 1.807) is 11.3 Å². The largest absolute Gasteiger partial charge is 0.378 e. The van der Waals surface area contributed by atoms with Gasteiger partial charge in [-0.3, -0.25) is 4.79 Å². The summed E-state index contributed by atoms with van der Waals surface area (Å²) in [5.41, 5.74) is 0. The number of rotatable bonds is 6. The zero-order valence-electron chi connectivity index (χ0n) is 14.3. The maximum atomic E-state index is 12.7. The van der Waals surface area contributed by atoms with Crippen molar-refractivity contribution in [2.45, 2.75) is 42.6 Å². The number of aromatic nitrogens is 3. The van der Waals surface area contributed by atoms with Gasteiger partial charge in [0, 0.05) is 30.4 Å². The minimum Gasteiger partial charge on any atom is -0.378 e. The van der Waals surface area contributed by atoms with Crippen LogP contribution in [0.1, 0.15) is 36.5 Å². The van der Waals surface area contributed by atoms with Gasteiger partial charge in [-0.2, -0.15) is 0 Å². The van der Waals surface area contributed by atoms with Gasteiger partial charge in [0.1, 0.15) is 5.82 Å². The van der Waals surface area contributed by atoms with Gasteiger partial charge in [0.25, 0.3) is 0 Å². The molecule has 0 unspecified atom stereocenters. The second-order valence-corrected chi connectivity index (χ2v) is 8.79. The second-order valence-electron chi connectivity index (χ2n) is 6.45. The van der Waals surface area contributed by atoms with E-state index < -0.39 is 0 Å². The van der Waals surface area contributed by atoms with Gasteiger partial charge in [0.2, 0.25) is 5.91 Å². The van der Waals surface area contributed by atoms with E-state index >= 15 is 0 Å². The summed E-state index contributed by atoms with van der Waals surface area (Å²) in [6.07, 6.45) is 3.16. The Labute approximate surface area is 155 Å². The molecule has 1 atom stereocenters. The number of hydrogen-bond donors (Lipinski definition) is 0. The summed E-state index contributed by atoms with van der Waals surface area (Å²) in [7, 11) is 0. The van der Waals surface area contributed by atoms with Crippen LogP contribution in [-0.4, -0.2) is 57.1 Å². The molecular formula is C17H22N4O2S2. The van der Waals surface area contributed by atoms with Crippen molar-refractivity contribution in [2.24, 2.45) is 0 Å². The molecule has 2 aromatic heterocycles. The molecule has 1 aliphatic heterocycles. The maximum Gasteiger partial charge on any atom is 0.236 e. The third-order valence-electron chi connectivity index (χ3n) is 4.51. The molecule has 25 heavy (non-hydrogen) atoms. The molecule has 1 amide bonds. The van der Waals surface area contributed by atoms with Crippen molar-refractivity contribution in [1.82, 2.24) is 19.7 Å². The number of ether oxygens (including phenoxy) is 1. The molecule has 134 valence electrons. The Morgan fingerprint density at radius 1 is 1.40 bits per heavy atom. The van der Waals surface area contributed by atoms with Crippen molar-refractivity contribution < 1.29 is 9.53 Å². The monoisotopic (exact) mass is 378 g/mol. The lowest BCUT2D eigenvalue weighted by Gasteiger charge is -2.28. The number of carbonyl (C=O) groups is 1. The van der Waals surface area contributed by atoms with Crippen molar-refractivity contribution in [2.75, 3.05) is 26.3 Å². The fourth-order valence-electron chi connectivity index (χ4n) is 3.03. The Hall–Kier alpha value is -1.38. The molecule has 3 heterocycles. The minimum atomic E-state index is -0.158. The van der Waals surface area contributed by atoms with Gasteiger partial charge in [-0.15, -0.1) is 21.5 Å². The Morgan fingerprint density at radius 2 is 2.20 bits per heavy atom. The summed E-state index contributed by atoms with van der Waals surface area (Å²) >= 11 is 3.28. The number of thiophene rings is 1. The number of amides is 1. The lowest BCUT2D eigenvalue weighted by Crippen LogP contribution is -2.44. The molecular weight excluding hydrogens is 356 g/mol. The van der Waals surface area contributed by atoms with E-state index in [-0.39, 0.29) is 11.2 Å². The van der Waals surface area contributed by atoms with Crippen LogP contribution in [0.5, 0.6) is 0 Å². The molecule has 2 aromatic rings. The van der Waals surface area contributed by atoms with E-state index in [1.807, 2.05) is 11.8 Å². The number of thioether (sulfide) groups is 1. The Bertz CT molecular complexity index is 721. The fourth-order valence-corrected chi connectivity index (χ4v) is 4.75. The molecule has 4 rings (SSSR count). The minimum absolute atomic E-state index is 0.158. The van der Waals surface area contributed by atoms with Gasteiger partial charge in [-0.1, -0.05) is 17.8 Å². The summed E-state index contributed by atoms with van der Waals surface area (Å²) in [5, 5.41) is 11.7. The first kappa shape index (κ1) is 17.1. The van der Waals surface area contributed by atoms with Gasteiger partial charge in [-0.25, -0.2) is 0 Å². The van der Waals surface area contributed by atoms with Crippen molar-refractivity contribution in [3.05, 3.63) is 28.2 Å². The van der Waals surface area contributed by atoms with Gasteiger partial charge < -0.3 is 14.2 Å². The number of hydrogen-bond acceptors (Lipinski definition) is 6. The first-order valence-corrected chi connectivity index (χ1v) is 10.5. The Kier molecular flexibility index (Phi) is 5.10. The number of nitrogens with zero attached hydrogens (tertiary/aromatic N) is 4. The van der Waals surface area contributed by atoms with Crippen LogP contribution in [0.15, 0.2) is 22.7 Å². The first-order valence-electron chi connectivity index (χ1n) is 8.71. The van der Waals surface area contributed by atoms with Crippen LogP contribution in [0.4, 0.5) is 0 Å². The molecule has 1 saturated carbocycles. The topological polar surface area (TPSA) is 60.2 Å². The molecule has 8 heteroatoms. The standard InChI is InChI=1S/C17H22N4O2S2/c1-12(16(22)20-6-8-23-9-7-20)25-17-19-18-15(21(17)13-4-5-13)11-14-3-2-10-24-14/h2-3,10,12-13H,4-9,11H2,1H3/t12-/m0/s1. The zero-order valence-corrected chi connectivity index (χ0v) is 15.9. The zero-order chi connectivity index (χ0) is 17.2. The van der Waals surface area contributed by atoms with E-state index in [0.717, 1.165) is 17.4 Å². The van der Waals surface area contributed by atoms with Crippen LogP contribution in [0.3, 0.4) is 0 Å². The summed E-state index contributed by atoms with van der Waals surface area (Å²) in [6.45, 7) is 4.59.